The van der Waals surface area contributed by atoms with Crippen molar-refractivity contribution in [2.24, 2.45) is 0 Å². The van der Waals surface area contributed by atoms with Crippen molar-refractivity contribution in [3.05, 3.63) is 50.8 Å². The molecule has 0 N–H and O–H groups in total. The van der Waals surface area contributed by atoms with Crippen LogP contribution in [0.25, 0.3) is 0 Å². The summed E-state index contributed by atoms with van der Waals surface area (Å²) in [7, 11) is 3.68. The number of ether oxygens (including phenoxy) is 2. The minimum Gasteiger partial charge on any atom is -0.493 e. The summed E-state index contributed by atoms with van der Waals surface area (Å²) in [6, 6.07) is 8.22. The van der Waals surface area contributed by atoms with Crippen LogP contribution in [0.1, 0.15) is 34.9 Å². The molecule has 144 valence electrons. The van der Waals surface area contributed by atoms with Gasteiger partial charge in [0.25, 0.3) is 0 Å². The summed E-state index contributed by atoms with van der Waals surface area (Å²) in [5.41, 5.74) is 4.87. The van der Waals surface area contributed by atoms with E-state index in [0.29, 0.717) is 23.5 Å². The number of aromatic nitrogens is 1. The highest BCUT2D eigenvalue weighted by Gasteiger charge is 2.13. The molecule has 0 amide bonds. The molecule has 1 aromatic heterocycles. The number of nitriles is 1. The molecule has 2 rings (SSSR count). The van der Waals surface area contributed by atoms with Gasteiger partial charge in [-0.3, -0.25) is 4.90 Å². The van der Waals surface area contributed by atoms with Crippen LogP contribution in [0.4, 0.5) is 0 Å². The van der Waals surface area contributed by atoms with Crippen LogP contribution in [-0.2, 0) is 13.2 Å². The van der Waals surface area contributed by atoms with Gasteiger partial charge in [0.1, 0.15) is 10.7 Å². The van der Waals surface area contributed by atoms with E-state index >= 15 is 0 Å². The van der Waals surface area contributed by atoms with Crippen molar-refractivity contribution in [1.82, 2.24) is 9.47 Å². The number of rotatable bonds is 7. The minimum atomic E-state index is 0.587. The van der Waals surface area contributed by atoms with E-state index in [1.165, 1.54) is 0 Å². The van der Waals surface area contributed by atoms with Crippen LogP contribution >= 0.6 is 12.2 Å². The molecule has 2 aromatic rings. The van der Waals surface area contributed by atoms with E-state index in [1.54, 1.807) is 7.11 Å². The van der Waals surface area contributed by atoms with Gasteiger partial charge in [0, 0.05) is 12.2 Å². The average Bonchev–Trinajstić information content (AvgIpc) is 2.65. The van der Waals surface area contributed by atoms with Crippen molar-refractivity contribution in [1.29, 1.82) is 5.26 Å². The third-order valence-electron chi connectivity index (χ3n) is 4.82. The van der Waals surface area contributed by atoms with E-state index in [4.69, 9.17) is 21.7 Å². The van der Waals surface area contributed by atoms with Gasteiger partial charge in [0.15, 0.2) is 11.5 Å². The van der Waals surface area contributed by atoms with Crippen molar-refractivity contribution in [3.8, 4) is 17.6 Å². The Morgan fingerprint density at radius 3 is 2.48 bits per heavy atom. The topological polar surface area (TPSA) is 50.4 Å². The van der Waals surface area contributed by atoms with Crippen molar-refractivity contribution in [2.75, 3.05) is 20.8 Å². The molecule has 6 heteroatoms. The van der Waals surface area contributed by atoms with Gasteiger partial charge in [-0.05, 0) is 63.6 Å². The van der Waals surface area contributed by atoms with E-state index in [9.17, 15) is 5.26 Å². The third-order valence-corrected chi connectivity index (χ3v) is 5.24. The maximum Gasteiger partial charge on any atom is 0.161 e. The summed E-state index contributed by atoms with van der Waals surface area (Å²) >= 11 is 5.57. The number of benzene rings is 1. The molecule has 0 aliphatic carbocycles. The summed E-state index contributed by atoms with van der Waals surface area (Å²) < 4.78 is 13.6. The number of hydrogen-bond donors (Lipinski definition) is 0. The van der Waals surface area contributed by atoms with Crippen molar-refractivity contribution in [2.45, 2.75) is 40.9 Å². The van der Waals surface area contributed by atoms with Crippen molar-refractivity contribution >= 4 is 12.2 Å². The zero-order valence-corrected chi connectivity index (χ0v) is 17.7. The smallest absolute Gasteiger partial charge is 0.161 e. The lowest BCUT2D eigenvalue weighted by Gasteiger charge is -2.23. The van der Waals surface area contributed by atoms with Crippen LogP contribution in [0.5, 0.6) is 11.5 Å². The molecule has 5 nitrogen and oxygen atoms in total. The molecule has 0 aliphatic rings. The zero-order valence-electron chi connectivity index (χ0n) is 16.9. The molecule has 0 unspecified atom stereocenters. The predicted octanol–water partition coefficient (Wildman–Crippen LogP) is 4.51. The van der Waals surface area contributed by atoms with E-state index in [2.05, 4.69) is 11.0 Å². The maximum absolute atomic E-state index is 9.47. The van der Waals surface area contributed by atoms with Gasteiger partial charge in [0.05, 0.1) is 25.9 Å². The molecule has 0 spiro atoms. The lowest BCUT2D eigenvalue weighted by molar-refractivity contribution is 0.254. The molecular weight excluding hydrogens is 358 g/mol. The molecule has 1 aromatic carbocycles. The van der Waals surface area contributed by atoms with E-state index in [-0.39, 0.29) is 0 Å². The van der Waals surface area contributed by atoms with Crippen LogP contribution in [-0.4, -0.2) is 30.2 Å². The molecular formula is C21H27N3O2S. The fraction of sp³-hybridized carbons (Fsp3) is 0.429. The lowest BCUT2D eigenvalue weighted by Crippen LogP contribution is -2.24. The second-order valence-corrected chi connectivity index (χ2v) is 7.02. The van der Waals surface area contributed by atoms with Gasteiger partial charge in [-0.15, -0.1) is 0 Å². The van der Waals surface area contributed by atoms with E-state index in [1.807, 2.05) is 57.5 Å². The summed E-state index contributed by atoms with van der Waals surface area (Å²) in [6.07, 6.45) is 0. The second-order valence-electron chi connectivity index (χ2n) is 6.63. The van der Waals surface area contributed by atoms with Gasteiger partial charge in [0.2, 0.25) is 0 Å². The Morgan fingerprint density at radius 1 is 1.19 bits per heavy atom. The lowest BCUT2D eigenvalue weighted by atomic mass is 10.0. The molecule has 0 radical (unpaired) electrons. The highest BCUT2D eigenvalue weighted by Crippen LogP contribution is 2.28. The largest absolute Gasteiger partial charge is 0.493 e. The molecule has 0 fully saturated rings. The quantitative estimate of drug-likeness (QED) is 0.656. The first-order valence-electron chi connectivity index (χ1n) is 8.92. The van der Waals surface area contributed by atoms with Gasteiger partial charge < -0.3 is 14.0 Å². The number of pyridine rings is 1. The number of hydrogen-bond acceptors (Lipinski definition) is 5. The summed E-state index contributed by atoms with van der Waals surface area (Å²) in [4.78, 5) is 2.16. The molecule has 0 saturated carbocycles. The number of methoxy groups -OCH3 is 1. The van der Waals surface area contributed by atoms with Crippen LogP contribution in [0.15, 0.2) is 18.2 Å². The van der Waals surface area contributed by atoms with Gasteiger partial charge in [-0.2, -0.15) is 5.26 Å². The molecule has 0 saturated heterocycles. The predicted molar refractivity (Wildman–Crippen MR) is 110 cm³/mol. The second kappa shape index (κ2) is 9.03. The Labute approximate surface area is 166 Å². The van der Waals surface area contributed by atoms with Crippen LogP contribution in [0.3, 0.4) is 0 Å². The van der Waals surface area contributed by atoms with Crippen LogP contribution in [0.2, 0.25) is 0 Å². The van der Waals surface area contributed by atoms with Gasteiger partial charge in [-0.1, -0.05) is 18.3 Å². The fourth-order valence-corrected chi connectivity index (χ4v) is 3.49. The van der Waals surface area contributed by atoms with Crippen LogP contribution < -0.4 is 9.47 Å². The first-order chi connectivity index (χ1) is 12.8. The molecule has 27 heavy (non-hydrogen) atoms. The van der Waals surface area contributed by atoms with E-state index in [0.717, 1.165) is 40.4 Å². The van der Waals surface area contributed by atoms with E-state index < -0.39 is 0 Å². The molecule has 1 heterocycles. The Morgan fingerprint density at radius 2 is 1.89 bits per heavy atom. The first kappa shape index (κ1) is 20.9. The Balaban J connectivity index is 2.27. The zero-order chi connectivity index (χ0) is 20.1. The Bertz CT molecular complexity index is 928. The highest BCUT2D eigenvalue weighted by molar-refractivity contribution is 7.71. The SMILES string of the molecule is CCOc1ccc(CN(C)Cn2c(C)c(C)c(C)c(C#N)c2=S)cc1OC. The fourth-order valence-electron chi connectivity index (χ4n) is 3.10. The highest BCUT2D eigenvalue weighted by atomic mass is 32.1. The first-order valence-corrected chi connectivity index (χ1v) is 9.33. The summed E-state index contributed by atoms with van der Waals surface area (Å²) in [6.45, 7) is 9.92. The monoisotopic (exact) mass is 385 g/mol. The van der Waals surface area contributed by atoms with Gasteiger partial charge >= 0.3 is 0 Å². The summed E-state index contributed by atoms with van der Waals surface area (Å²) in [5.74, 6) is 1.48. The third kappa shape index (κ3) is 4.49. The molecule has 0 bridgehead atoms. The molecule has 0 aliphatic heterocycles. The van der Waals surface area contributed by atoms with Crippen LogP contribution in [0, 0.1) is 36.7 Å². The maximum atomic E-state index is 9.47. The van der Waals surface area contributed by atoms with Crippen molar-refractivity contribution < 1.29 is 9.47 Å². The summed E-state index contributed by atoms with van der Waals surface area (Å²) in [5, 5.41) is 9.47. The minimum absolute atomic E-state index is 0.587. The number of nitrogens with zero attached hydrogens (tertiary/aromatic N) is 3. The molecule has 0 atom stereocenters. The van der Waals surface area contributed by atoms with Gasteiger partial charge in [-0.25, -0.2) is 0 Å². The normalized spacial score (nSPS) is 10.7. The average molecular weight is 386 g/mol. The Hall–Kier alpha value is -2.36. The Kier molecular flexibility index (Phi) is 7.00. The van der Waals surface area contributed by atoms with Crippen molar-refractivity contribution in [3.63, 3.8) is 0 Å². The standard InChI is InChI=1S/C21H27N3O2S/c1-7-26-19-9-8-17(10-20(19)25-6)12-23(5)13-24-16(4)14(2)15(3)18(11-22)21(24)27/h8-10H,7,12-13H2,1-6H3.